The van der Waals surface area contributed by atoms with Gasteiger partial charge in [0.1, 0.15) is 5.82 Å². The summed E-state index contributed by atoms with van der Waals surface area (Å²) in [6, 6.07) is 7.68. The van der Waals surface area contributed by atoms with Gasteiger partial charge in [-0.05, 0) is 52.0 Å². The molecule has 1 fully saturated rings. The topological polar surface area (TPSA) is 114 Å². The number of carbonyl (C=O) groups excluding carboxylic acids is 2. The van der Waals surface area contributed by atoms with Gasteiger partial charge in [-0.1, -0.05) is 0 Å². The Morgan fingerprint density at radius 1 is 1.12 bits per heavy atom. The Labute approximate surface area is 188 Å². The third-order valence-corrected chi connectivity index (χ3v) is 7.02. The predicted molar refractivity (Wildman–Crippen MR) is 119 cm³/mol. The van der Waals surface area contributed by atoms with Crippen molar-refractivity contribution in [1.29, 1.82) is 0 Å². The zero-order chi connectivity index (χ0) is 23.5. The number of nitrogens with one attached hydrogen (secondary N) is 1. The fourth-order valence-electron chi connectivity index (χ4n) is 3.45. The Kier molecular flexibility index (Phi) is 7.19. The normalized spacial score (nSPS) is 15.1. The molecule has 1 saturated heterocycles. The molecule has 2 amide bonds. The molecule has 2 heterocycles. The van der Waals surface area contributed by atoms with Crippen molar-refractivity contribution in [2.24, 2.45) is 0 Å². The monoisotopic (exact) mass is 463 g/mol. The molecule has 174 valence electrons. The van der Waals surface area contributed by atoms with E-state index in [0.29, 0.717) is 11.4 Å². The quantitative estimate of drug-likeness (QED) is 0.704. The molecule has 0 radical (unpaired) electrons. The number of piperazine rings is 1. The van der Waals surface area contributed by atoms with Gasteiger partial charge in [0.2, 0.25) is 10.0 Å². The summed E-state index contributed by atoms with van der Waals surface area (Å²) < 4.78 is 33.9. The fourth-order valence-corrected chi connectivity index (χ4v) is 4.87. The van der Waals surface area contributed by atoms with E-state index in [2.05, 4.69) is 10.4 Å². The van der Waals surface area contributed by atoms with E-state index in [0.717, 1.165) is 5.69 Å². The van der Waals surface area contributed by atoms with Gasteiger partial charge < -0.3 is 15.0 Å². The van der Waals surface area contributed by atoms with E-state index >= 15 is 0 Å². The predicted octanol–water partition coefficient (Wildman–Crippen LogP) is 2.49. The van der Waals surface area contributed by atoms with Crippen molar-refractivity contribution in [2.75, 3.05) is 38.1 Å². The van der Waals surface area contributed by atoms with Crippen LogP contribution in [0.2, 0.25) is 0 Å². The molecule has 0 saturated carbocycles. The van der Waals surface area contributed by atoms with E-state index in [1.54, 1.807) is 17.7 Å². The summed E-state index contributed by atoms with van der Waals surface area (Å²) in [6.45, 7) is 8.68. The number of ether oxygens (including phenoxy) is 1. The standard InChI is InChI=1S/C21H29N5O5S/c1-5-31-21(28)24-10-12-25(13-11-24)32(29,30)18-8-6-17(7-9-18)20(27)22-19-14-16(4)23-26(19)15(2)3/h6-9,14-15H,5,10-13H2,1-4H3,(H,22,27). The van der Waals surface area contributed by atoms with Gasteiger partial charge in [0.25, 0.3) is 5.91 Å². The lowest BCUT2D eigenvalue weighted by molar-refractivity contribution is 0.0933. The molecule has 0 atom stereocenters. The first-order valence-corrected chi connectivity index (χ1v) is 12.0. The lowest BCUT2D eigenvalue weighted by atomic mass is 10.2. The summed E-state index contributed by atoms with van der Waals surface area (Å²) in [4.78, 5) is 26.1. The first-order valence-electron chi connectivity index (χ1n) is 10.5. The number of rotatable bonds is 6. The van der Waals surface area contributed by atoms with Crippen LogP contribution in [0.25, 0.3) is 0 Å². The summed E-state index contributed by atoms with van der Waals surface area (Å²) >= 11 is 0. The van der Waals surface area contributed by atoms with Crippen LogP contribution >= 0.6 is 0 Å². The van der Waals surface area contributed by atoms with Crippen LogP contribution in [-0.4, -0.2) is 72.2 Å². The smallest absolute Gasteiger partial charge is 0.409 e. The van der Waals surface area contributed by atoms with Crippen LogP contribution in [0.1, 0.15) is 42.9 Å². The summed E-state index contributed by atoms with van der Waals surface area (Å²) in [5.74, 6) is 0.234. The van der Waals surface area contributed by atoms with E-state index in [-0.39, 0.29) is 49.6 Å². The van der Waals surface area contributed by atoms with Crippen molar-refractivity contribution in [3.05, 3.63) is 41.6 Å². The molecule has 0 aliphatic carbocycles. The van der Waals surface area contributed by atoms with Gasteiger partial charge in [0, 0.05) is 43.9 Å². The second-order valence-corrected chi connectivity index (χ2v) is 9.72. The SMILES string of the molecule is CCOC(=O)N1CCN(S(=O)(=O)c2ccc(C(=O)Nc3cc(C)nn3C(C)C)cc2)CC1. The second-order valence-electron chi connectivity index (χ2n) is 7.78. The van der Waals surface area contributed by atoms with Crippen LogP contribution in [0.5, 0.6) is 0 Å². The van der Waals surface area contributed by atoms with Crippen LogP contribution in [0, 0.1) is 6.92 Å². The van der Waals surface area contributed by atoms with Crippen molar-refractivity contribution < 1.29 is 22.7 Å². The number of hydrogen-bond donors (Lipinski definition) is 1. The lowest BCUT2D eigenvalue weighted by Crippen LogP contribution is -2.50. The minimum absolute atomic E-state index is 0.0795. The molecule has 11 heteroatoms. The molecule has 1 aromatic carbocycles. The number of carbonyl (C=O) groups is 2. The van der Waals surface area contributed by atoms with Crippen LogP contribution in [-0.2, 0) is 14.8 Å². The zero-order valence-corrected chi connectivity index (χ0v) is 19.6. The zero-order valence-electron chi connectivity index (χ0n) is 18.7. The van der Waals surface area contributed by atoms with Gasteiger partial charge in [0.15, 0.2) is 0 Å². The fraction of sp³-hybridized carbons (Fsp3) is 0.476. The number of sulfonamides is 1. The largest absolute Gasteiger partial charge is 0.450 e. The molecule has 0 unspecified atom stereocenters. The molecule has 3 rings (SSSR count). The maximum absolute atomic E-state index is 13.0. The van der Waals surface area contributed by atoms with Crippen molar-refractivity contribution >= 4 is 27.8 Å². The first kappa shape index (κ1) is 23.7. The van der Waals surface area contributed by atoms with E-state index < -0.39 is 16.1 Å². The number of hydrogen-bond acceptors (Lipinski definition) is 6. The van der Waals surface area contributed by atoms with Gasteiger partial charge >= 0.3 is 6.09 Å². The number of aryl methyl sites for hydroxylation is 1. The minimum atomic E-state index is -3.73. The molecular weight excluding hydrogens is 434 g/mol. The van der Waals surface area contributed by atoms with E-state index in [4.69, 9.17) is 4.74 Å². The van der Waals surface area contributed by atoms with Gasteiger partial charge in [-0.25, -0.2) is 17.9 Å². The average Bonchev–Trinajstić information content (AvgIpc) is 3.14. The van der Waals surface area contributed by atoms with Crippen molar-refractivity contribution in [2.45, 2.75) is 38.6 Å². The van der Waals surface area contributed by atoms with E-state index in [1.165, 1.54) is 33.5 Å². The Balaban J connectivity index is 1.67. The molecule has 10 nitrogen and oxygen atoms in total. The molecule has 1 aliphatic heterocycles. The van der Waals surface area contributed by atoms with Crippen LogP contribution in [0.3, 0.4) is 0 Å². The third kappa shape index (κ3) is 5.10. The molecule has 1 aliphatic rings. The molecule has 0 bridgehead atoms. The molecule has 1 aromatic heterocycles. The summed E-state index contributed by atoms with van der Waals surface area (Å²) in [6.07, 6.45) is -0.436. The van der Waals surface area contributed by atoms with Crippen LogP contribution < -0.4 is 5.32 Å². The highest BCUT2D eigenvalue weighted by Gasteiger charge is 2.30. The first-order chi connectivity index (χ1) is 15.1. The molecular formula is C21H29N5O5S. The van der Waals surface area contributed by atoms with Gasteiger partial charge in [-0.2, -0.15) is 9.40 Å². The Bertz CT molecular complexity index is 1070. The Morgan fingerprint density at radius 3 is 2.31 bits per heavy atom. The second kappa shape index (κ2) is 9.70. The van der Waals surface area contributed by atoms with Gasteiger partial charge in [-0.3, -0.25) is 4.79 Å². The number of aromatic nitrogens is 2. The summed E-state index contributed by atoms with van der Waals surface area (Å²) in [5, 5.41) is 7.19. The number of benzene rings is 1. The van der Waals surface area contributed by atoms with Crippen LogP contribution in [0.15, 0.2) is 35.2 Å². The Morgan fingerprint density at radius 2 is 1.75 bits per heavy atom. The third-order valence-electron chi connectivity index (χ3n) is 5.11. The summed E-state index contributed by atoms with van der Waals surface area (Å²) in [5.41, 5.74) is 1.13. The highest BCUT2D eigenvalue weighted by atomic mass is 32.2. The van der Waals surface area contributed by atoms with Crippen molar-refractivity contribution in [3.8, 4) is 0 Å². The van der Waals surface area contributed by atoms with E-state index in [1.807, 2.05) is 20.8 Å². The minimum Gasteiger partial charge on any atom is -0.450 e. The number of anilines is 1. The van der Waals surface area contributed by atoms with Gasteiger partial charge in [-0.15, -0.1) is 0 Å². The Hall–Kier alpha value is -2.92. The van der Waals surface area contributed by atoms with Gasteiger partial charge in [0.05, 0.1) is 17.2 Å². The number of nitrogens with zero attached hydrogens (tertiary/aromatic N) is 4. The maximum atomic E-state index is 13.0. The summed E-state index contributed by atoms with van der Waals surface area (Å²) in [7, 11) is -3.73. The highest BCUT2D eigenvalue weighted by Crippen LogP contribution is 2.20. The lowest BCUT2D eigenvalue weighted by Gasteiger charge is -2.33. The molecule has 0 spiro atoms. The highest BCUT2D eigenvalue weighted by molar-refractivity contribution is 7.89. The van der Waals surface area contributed by atoms with Crippen molar-refractivity contribution in [1.82, 2.24) is 19.0 Å². The number of amides is 2. The molecule has 2 aromatic rings. The van der Waals surface area contributed by atoms with Crippen molar-refractivity contribution in [3.63, 3.8) is 0 Å². The van der Waals surface area contributed by atoms with Crippen LogP contribution in [0.4, 0.5) is 10.6 Å². The molecule has 1 N–H and O–H groups in total. The van der Waals surface area contributed by atoms with E-state index in [9.17, 15) is 18.0 Å². The maximum Gasteiger partial charge on any atom is 0.409 e. The average molecular weight is 464 g/mol. The molecule has 32 heavy (non-hydrogen) atoms.